The van der Waals surface area contributed by atoms with Crippen LogP contribution in [0.4, 0.5) is 0 Å². The molecule has 6 heteroatoms. The number of carbonyl (C=O) groups excluding carboxylic acids is 2. The van der Waals surface area contributed by atoms with Crippen molar-refractivity contribution in [1.82, 2.24) is 19.4 Å². The van der Waals surface area contributed by atoms with Crippen LogP contribution in [0.25, 0.3) is 0 Å². The number of likely N-dealkylation sites (tertiary alicyclic amines) is 2. The first kappa shape index (κ1) is 17.6. The van der Waals surface area contributed by atoms with Crippen LogP contribution < -0.4 is 0 Å². The number of imidazole rings is 1. The average Bonchev–Trinajstić information content (AvgIpc) is 3.26. The summed E-state index contributed by atoms with van der Waals surface area (Å²) in [6, 6.07) is 0.437. The Labute approximate surface area is 155 Å². The Morgan fingerprint density at radius 3 is 2.73 bits per heavy atom. The summed E-state index contributed by atoms with van der Waals surface area (Å²) in [4.78, 5) is 34.4. The largest absolute Gasteiger partial charge is 0.340 e. The lowest BCUT2D eigenvalue weighted by molar-refractivity contribution is -0.149. The normalized spacial score (nSPS) is 27.5. The Morgan fingerprint density at radius 2 is 2.00 bits per heavy atom. The molecule has 3 aliphatic rings. The Kier molecular flexibility index (Phi) is 4.76. The summed E-state index contributed by atoms with van der Waals surface area (Å²) in [6.45, 7) is 4.44. The molecule has 6 nitrogen and oxygen atoms in total. The minimum atomic E-state index is -0.324. The highest BCUT2D eigenvalue weighted by atomic mass is 16.2. The fraction of sp³-hybridized carbons (Fsp3) is 0.750. The highest BCUT2D eigenvalue weighted by molar-refractivity contribution is 5.86. The lowest BCUT2D eigenvalue weighted by atomic mass is 9.77. The lowest BCUT2D eigenvalue weighted by Gasteiger charge is -2.44. The van der Waals surface area contributed by atoms with Gasteiger partial charge in [0.1, 0.15) is 12.4 Å². The number of hydrogen-bond acceptors (Lipinski definition) is 3. The van der Waals surface area contributed by atoms with Gasteiger partial charge in [-0.05, 0) is 39.0 Å². The second-order valence-corrected chi connectivity index (χ2v) is 8.34. The molecule has 1 atom stereocenters. The second kappa shape index (κ2) is 7.05. The smallest absolute Gasteiger partial charge is 0.242 e. The van der Waals surface area contributed by atoms with Gasteiger partial charge in [0, 0.05) is 38.1 Å². The molecule has 0 aromatic carbocycles. The van der Waals surface area contributed by atoms with Crippen LogP contribution in [0.5, 0.6) is 0 Å². The van der Waals surface area contributed by atoms with Crippen LogP contribution in [0.2, 0.25) is 0 Å². The molecule has 4 rings (SSSR count). The van der Waals surface area contributed by atoms with Crippen LogP contribution in [0.3, 0.4) is 0 Å². The zero-order valence-corrected chi connectivity index (χ0v) is 15.8. The van der Waals surface area contributed by atoms with Crippen molar-refractivity contribution in [3.05, 3.63) is 18.2 Å². The molecule has 1 saturated carbocycles. The van der Waals surface area contributed by atoms with Crippen molar-refractivity contribution in [2.75, 3.05) is 19.6 Å². The van der Waals surface area contributed by atoms with Gasteiger partial charge in [0.2, 0.25) is 11.8 Å². The van der Waals surface area contributed by atoms with E-state index in [1.807, 2.05) is 22.6 Å². The van der Waals surface area contributed by atoms with Crippen molar-refractivity contribution >= 4 is 11.8 Å². The fourth-order valence-corrected chi connectivity index (χ4v) is 5.12. The molecule has 1 aromatic heterocycles. The van der Waals surface area contributed by atoms with Crippen LogP contribution in [0.1, 0.15) is 57.2 Å². The van der Waals surface area contributed by atoms with E-state index in [1.165, 1.54) is 19.3 Å². The van der Waals surface area contributed by atoms with E-state index in [0.29, 0.717) is 31.6 Å². The molecule has 2 aliphatic heterocycles. The van der Waals surface area contributed by atoms with Crippen molar-refractivity contribution < 1.29 is 9.59 Å². The van der Waals surface area contributed by atoms with Crippen molar-refractivity contribution in [2.45, 2.75) is 70.9 Å². The molecule has 0 unspecified atom stereocenters. The van der Waals surface area contributed by atoms with E-state index in [1.54, 1.807) is 6.20 Å². The zero-order valence-electron chi connectivity index (χ0n) is 15.8. The summed E-state index contributed by atoms with van der Waals surface area (Å²) in [6.07, 6.45) is 12.5. The minimum Gasteiger partial charge on any atom is -0.340 e. The zero-order chi connectivity index (χ0) is 18.1. The summed E-state index contributed by atoms with van der Waals surface area (Å²) in [7, 11) is 0. The third kappa shape index (κ3) is 3.14. The fourth-order valence-electron chi connectivity index (χ4n) is 5.12. The van der Waals surface area contributed by atoms with E-state index in [9.17, 15) is 9.59 Å². The molecule has 3 fully saturated rings. The first-order chi connectivity index (χ1) is 12.6. The number of aryl methyl sites for hydroxylation is 1. The first-order valence-corrected chi connectivity index (χ1v) is 10.2. The van der Waals surface area contributed by atoms with Crippen molar-refractivity contribution in [2.24, 2.45) is 5.41 Å². The third-order valence-corrected chi connectivity index (χ3v) is 6.72. The second-order valence-electron chi connectivity index (χ2n) is 8.34. The highest BCUT2D eigenvalue weighted by Gasteiger charge is 2.50. The standard InChI is InChI=1S/C20H30N4O2/c1-16-21-10-13-22(16)14-18(25)23-12-9-20(15-23)8-5-11-24(19(20)26)17-6-3-2-4-7-17/h10,13,17H,2-9,11-12,14-15H2,1H3/t20-/m0/s1. The predicted molar refractivity (Wildman–Crippen MR) is 98.4 cm³/mol. The van der Waals surface area contributed by atoms with Gasteiger partial charge in [0.05, 0.1) is 5.41 Å². The maximum Gasteiger partial charge on any atom is 0.242 e. The summed E-state index contributed by atoms with van der Waals surface area (Å²) in [5.74, 6) is 1.28. The number of rotatable bonds is 3. The van der Waals surface area contributed by atoms with Crippen LogP contribution in [-0.4, -0.2) is 56.8 Å². The topological polar surface area (TPSA) is 58.4 Å². The maximum atomic E-state index is 13.4. The van der Waals surface area contributed by atoms with Crippen LogP contribution in [0, 0.1) is 12.3 Å². The molecule has 26 heavy (non-hydrogen) atoms. The van der Waals surface area contributed by atoms with Gasteiger partial charge in [0.15, 0.2) is 0 Å². The van der Waals surface area contributed by atoms with Gasteiger partial charge >= 0.3 is 0 Å². The molecular weight excluding hydrogens is 328 g/mol. The SMILES string of the molecule is Cc1nccn1CC(=O)N1CC[C@@]2(CCCN(C3CCCCC3)C2=O)C1. The van der Waals surface area contributed by atoms with Gasteiger partial charge < -0.3 is 14.4 Å². The van der Waals surface area contributed by atoms with E-state index in [2.05, 4.69) is 9.88 Å². The molecule has 3 heterocycles. The molecule has 2 amide bonds. The Morgan fingerprint density at radius 1 is 1.19 bits per heavy atom. The monoisotopic (exact) mass is 358 g/mol. The van der Waals surface area contributed by atoms with Crippen molar-refractivity contribution in [3.63, 3.8) is 0 Å². The van der Waals surface area contributed by atoms with Crippen molar-refractivity contribution in [1.29, 1.82) is 0 Å². The van der Waals surface area contributed by atoms with E-state index >= 15 is 0 Å². The number of carbonyl (C=O) groups is 2. The summed E-state index contributed by atoms with van der Waals surface area (Å²) in [5, 5.41) is 0. The Hall–Kier alpha value is -1.85. The number of aromatic nitrogens is 2. The molecular formula is C20H30N4O2. The molecule has 0 N–H and O–H groups in total. The Bertz CT molecular complexity index is 679. The van der Waals surface area contributed by atoms with Gasteiger partial charge in [-0.15, -0.1) is 0 Å². The minimum absolute atomic E-state index is 0.102. The number of piperidine rings is 1. The summed E-state index contributed by atoms with van der Waals surface area (Å²) >= 11 is 0. The molecule has 1 spiro atoms. The summed E-state index contributed by atoms with van der Waals surface area (Å²) < 4.78 is 1.88. The van der Waals surface area contributed by atoms with Gasteiger partial charge in [-0.25, -0.2) is 4.98 Å². The van der Waals surface area contributed by atoms with Crippen LogP contribution >= 0.6 is 0 Å². The van der Waals surface area contributed by atoms with Crippen LogP contribution in [-0.2, 0) is 16.1 Å². The quantitative estimate of drug-likeness (QED) is 0.833. The van der Waals surface area contributed by atoms with Gasteiger partial charge in [-0.1, -0.05) is 19.3 Å². The highest BCUT2D eigenvalue weighted by Crippen LogP contribution is 2.42. The maximum absolute atomic E-state index is 13.4. The first-order valence-electron chi connectivity index (χ1n) is 10.2. The summed E-state index contributed by atoms with van der Waals surface area (Å²) in [5.41, 5.74) is -0.324. The van der Waals surface area contributed by atoms with Crippen LogP contribution in [0.15, 0.2) is 12.4 Å². The van der Waals surface area contributed by atoms with Gasteiger partial charge in [0.25, 0.3) is 0 Å². The van der Waals surface area contributed by atoms with Gasteiger partial charge in [-0.3, -0.25) is 9.59 Å². The number of amides is 2. The molecule has 1 aromatic rings. The van der Waals surface area contributed by atoms with E-state index < -0.39 is 0 Å². The lowest BCUT2D eigenvalue weighted by Crippen LogP contribution is -2.54. The Balaban J connectivity index is 1.43. The molecule has 2 saturated heterocycles. The van der Waals surface area contributed by atoms with E-state index in [-0.39, 0.29) is 11.3 Å². The molecule has 0 radical (unpaired) electrons. The molecule has 142 valence electrons. The predicted octanol–water partition coefficient (Wildman–Crippen LogP) is 2.37. The number of nitrogens with zero attached hydrogens (tertiary/aromatic N) is 4. The van der Waals surface area contributed by atoms with E-state index in [0.717, 1.165) is 44.5 Å². The van der Waals surface area contributed by atoms with E-state index in [4.69, 9.17) is 0 Å². The molecule has 0 bridgehead atoms. The van der Waals surface area contributed by atoms with Crippen molar-refractivity contribution in [3.8, 4) is 0 Å². The van der Waals surface area contributed by atoms with Gasteiger partial charge in [-0.2, -0.15) is 0 Å². The average molecular weight is 358 g/mol. The third-order valence-electron chi connectivity index (χ3n) is 6.72. The number of hydrogen-bond donors (Lipinski definition) is 0. The molecule has 1 aliphatic carbocycles.